The van der Waals surface area contributed by atoms with Crippen LogP contribution >= 0.6 is 0 Å². The lowest BCUT2D eigenvalue weighted by Gasteiger charge is -1.91. The van der Waals surface area contributed by atoms with Gasteiger partial charge in [-0.3, -0.25) is 4.98 Å². The molecule has 0 amide bonds. The average Bonchev–Trinajstić information content (AvgIpc) is 2.21. The van der Waals surface area contributed by atoms with Gasteiger partial charge in [0.15, 0.2) is 0 Å². The molecule has 1 aromatic heterocycles. The van der Waals surface area contributed by atoms with E-state index in [0.29, 0.717) is 0 Å². The first-order valence-corrected chi connectivity index (χ1v) is 3.76. The molecule has 1 nitrogen and oxygen atoms in total. The van der Waals surface area contributed by atoms with Gasteiger partial charge in [-0.2, -0.15) is 0 Å². The molecule has 0 aliphatic rings. The van der Waals surface area contributed by atoms with Crippen molar-refractivity contribution in [2.75, 3.05) is 0 Å². The summed E-state index contributed by atoms with van der Waals surface area (Å²) in [5.41, 5.74) is 1.06. The maximum atomic E-state index is 4.18. The van der Waals surface area contributed by atoms with Gasteiger partial charge >= 0.3 is 0 Å². The highest BCUT2D eigenvalue weighted by atomic mass is 14.6. The first-order valence-electron chi connectivity index (χ1n) is 3.76. The summed E-state index contributed by atoms with van der Waals surface area (Å²) in [5.74, 6) is 0. The van der Waals surface area contributed by atoms with Gasteiger partial charge in [0.25, 0.3) is 0 Å². The number of rotatable bonds is 0. The average molecular weight is 157 g/mol. The molecule has 2 rings (SSSR count). The highest BCUT2D eigenvalue weighted by molar-refractivity contribution is 5.77. The van der Waals surface area contributed by atoms with Crippen molar-refractivity contribution in [2.24, 2.45) is 0 Å². The first-order chi connectivity index (χ1) is 5.97. The number of aromatic nitrogens is 1. The van der Waals surface area contributed by atoms with Crippen molar-refractivity contribution < 1.29 is 0 Å². The topological polar surface area (TPSA) is 12.9 Å². The first kappa shape index (κ1) is 8.47. The maximum Gasteiger partial charge on any atom is 0.0701 e. The molecule has 0 atom stereocenters. The van der Waals surface area contributed by atoms with Gasteiger partial charge in [0.1, 0.15) is 0 Å². The molecule has 1 aromatic carbocycles. The van der Waals surface area contributed by atoms with Gasteiger partial charge in [-0.1, -0.05) is 24.3 Å². The van der Waals surface area contributed by atoms with E-state index in [9.17, 15) is 0 Å². The minimum absolute atomic E-state index is 1.06. The van der Waals surface area contributed by atoms with E-state index in [2.05, 4.69) is 30.3 Å². The van der Waals surface area contributed by atoms with Crippen molar-refractivity contribution in [1.82, 2.24) is 4.98 Å². The lowest BCUT2D eigenvalue weighted by Crippen LogP contribution is -1.73. The van der Waals surface area contributed by atoms with Crippen LogP contribution in [0.25, 0.3) is 10.9 Å². The van der Waals surface area contributed by atoms with Crippen LogP contribution in [0.4, 0.5) is 0 Å². The Morgan fingerprint density at radius 3 is 2.33 bits per heavy atom. The van der Waals surface area contributed by atoms with Gasteiger partial charge in [-0.05, 0) is 12.1 Å². The van der Waals surface area contributed by atoms with Crippen LogP contribution in [0.2, 0.25) is 0 Å². The fourth-order valence-corrected chi connectivity index (χ4v) is 1.02. The maximum absolute atomic E-state index is 4.18. The van der Waals surface area contributed by atoms with Gasteiger partial charge in [0, 0.05) is 11.6 Å². The highest BCUT2D eigenvalue weighted by Gasteiger charge is 1.86. The van der Waals surface area contributed by atoms with Gasteiger partial charge in [-0.25, -0.2) is 0 Å². The fourth-order valence-electron chi connectivity index (χ4n) is 1.02. The van der Waals surface area contributed by atoms with Crippen LogP contribution in [0.1, 0.15) is 0 Å². The highest BCUT2D eigenvalue weighted by Crippen LogP contribution is 2.07. The minimum Gasteiger partial charge on any atom is -0.256 e. The van der Waals surface area contributed by atoms with Crippen LogP contribution in [-0.2, 0) is 0 Å². The number of hydrogen-bond acceptors (Lipinski definition) is 1. The summed E-state index contributed by atoms with van der Waals surface area (Å²) in [7, 11) is 0. The summed E-state index contributed by atoms with van der Waals surface area (Å²) < 4.78 is 0. The summed E-state index contributed by atoms with van der Waals surface area (Å²) in [4.78, 5) is 4.18. The Hall–Kier alpha value is -1.63. The molecule has 1 heteroatoms. The van der Waals surface area contributed by atoms with Crippen LogP contribution in [-0.4, -0.2) is 4.98 Å². The normalized spacial score (nSPS) is 8.67. The summed E-state index contributed by atoms with van der Waals surface area (Å²) >= 11 is 0. The molecule has 0 spiro atoms. The Balaban J connectivity index is 0.000000336. The van der Waals surface area contributed by atoms with Gasteiger partial charge in [0.2, 0.25) is 0 Å². The third kappa shape index (κ3) is 1.70. The Morgan fingerprint density at radius 2 is 1.58 bits per heavy atom. The molecule has 2 aromatic rings. The van der Waals surface area contributed by atoms with Crippen molar-refractivity contribution in [3.8, 4) is 0 Å². The monoisotopic (exact) mass is 157 g/mol. The molecule has 0 fully saturated rings. The zero-order valence-electron chi connectivity index (χ0n) is 6.90. The second-order valence-corrected chi connectivity index (χ2v) is 2.20. The molecule has 0 saturated heterocycles. The Labute approximate surface area is 72.4 Å². The largest absolute Gasteiger partial charge is 0.256 e. The van der Waals surface area contributed by atoms with Crippen molar-refractivity contribution in [1.29, 1.82) is 0 Å². The van der Waals surface area contributed by atoms with Crippen molar-refractivity contribution in [3.05, 3.63) is 55.8 Å². The molecule has 0 saturated carbocycles. The fraction of sp³-hybridized carbons (Fsp3) is 0. The standard InChI is InChI=1S/C9H7N.C2H4/c1-2-6-9-8(4-1)5-3-7-10-9;1-2/h1-7H;1-2H2. The van der Waals surface area contributed by atoms with Crippen LogP contribution in [0, 0.1) is 0 Å². The number of hydrogen-bond donors (Lipinski definition) is 0. The molecule has 0 unspecified atom stereocenters. The van der Waals surface area contributed by atoms with E-state index in [1.165, 1.54) is 5.39 Å². The number of nitrogens with zero attached hydrogens (tertiary/aromatic N) is 1. The van der Waals surface area contributed by atoms with E-state index in [4.69, 9.17) is 0 Å². The summed E-state index contributed by atoms with van der Waals surface area (Å²) in [6, 6.07) is 12.1. The van der Waals surface area contributed by atoms with E-state index < -0.39 is 0 Å². The van der Waals surface area contributed by atoms with Crippen LogP contribution in [0.3, 0.4) is 0 Å². The van der Waals surface area contributed by atoms with Crippen molar-refractivity contribution >= 4 is 10.9 Å². The second kappa shape index (κ2) is 4.29. The van der Waals surface area contributed by atoms with E-state index in [1.54, 1.807) is 0 Å². The predicted molar refractivity (Wildman–Crippen MR) is 53.0 cm³/mol. The molecule has 0 aliphatic heterocycles. The molecule has 0 bridgehead atoms. The minimum atomic E-state index is 1.06. The third-order valence-corrected chi connectivity index (χ3v) is 1.51. The van der Waals surface area contributed by atoms with E-state index in [0.717, 1.165) is 5.52 Å². The third-order valence-electron chi connectivity index (χ3n) is 1.51. The molecule has 0 N–H and O–H groups in total. The van der Waals surface area contributed by atoms with Crippen LogP contribution in [0.15, 0.2) is 55.8 Å². The lowest BCUT2D eigenvalue weighted by molar-refractivity contribution is 1.41. The zero-order chi connectivity index (χ0) is 8.81. The molecule has 60 valence electrons. The second-order valence-electron chi connectivity index (χ2n) is 2.20. The summed E-state index contributed by atoms with van der Waals surface area (Å²) in [6.45, 7) is 6.00. The van der Waals surface area contributed by atoms with E-state index in [-0.39, 0.29) is 0 Å². The summed E-state index contributed by atoms with van der Waals surface area (Å²) in [6.07, 6.45) is 1.81. The number of pyridine rings is 1. The van der Waals surface area contributed by atoms with Gasteiger partial charge < -0.3 is 0 Å². The molecular formula is C11H11N. The zero-order valence-corrected chi connectivity index (χ0v) is 6.90. The van der Waals surface area contributed by atoms with Crippen molar-refractivity contribution in [3.63, 3.8) is 0 Å². The molecule has 0 radical (unpaired) electrons. The van der Waals surface area contributed by atoms with Gasteiger partial charge in [0.05, 0.1) is 5.52 Å². The summed E-state index contributed by atoms with van der Waals surface area (Å²) in [5, 5.41) is 1.20. The molecule has 12 heavy (non-hydrogen) atoms. The van der Waals surface area contributed by atoms with Crippen LogP contribution < -0.4 is 0 Å². The SMILES string of the molecule is C=C.c1ccc2ncccc2c1. The Morgan fingerprint density at radius 1 is 0.917 bits per heavy atom. The van der Waals surface area contributed by atoms with Crippen molar-refractivity contribution in [2.45, 2.75) is 0 Å². The number of fused-ring (bicyclic) bond motifs is 1. The molecule has 0 aliphatic carbocycles. The van der Waals surface area contributed by atoms with E-state index in [1.807, 2.05) is 30.5 Å². The number of benzene rings is 1. The lowest BCUT2D eigenvalue weighted by atomic mass is 10.2. The predicted octanol–water partition coefficient (Wildman–Crippen LogP) is 3.04. The van der Waals surface area contributed by atoms with Crippen LogP contribution in [0.5, 0.6) is 0 Å². The Kier molecular flexibility index (Phi) is 3.03. The molecular weight excluding hydrogens is 146 g/mol. The Bertz CT molecular complexity index is 289. The number of para-hydroxylation sites is 1. The quantitative estimate of drug-likeness (QED) is 0.535. The molecule has 1 heterocycles. The van der Waals surface area contributed by atoms with Gasteiger partial charge in [-0.15, -0.1) is 13.2 Å². The van der Waals surface area contributed by atoms with E-state index >= 15 is 0 Å². The smallest absolute Gasteiger partial charge is 0.0701 e.